The number of aromatic nitrogens is 2. The zero-order chi connectivity index (χ0) is 26.4. The van der Waals surface area contributed by atoms with Gasteiger partial charge in [-0.2, -0.15) is 0 Å². The standard InChI is InChI=1S/C30H32F2N4O/c1-21(2)28(36(15-9-14-33)30(37)24-12-7-4-8-13-24)29-34-27(23-10-5-3-6-11-23)20-35(29)19-22-16-25(31)18-26(32)17-22/h3-8,10-13,16-18,20-21,28H,9,14-15,19,33H2,1-2H3. The first kappa shape index (κ1) is 26.2. The molecule has 1 atom stereocenters. The first-order valence-electron chi connectivity index (χ1n) is 12.5. The third-order valence-corrected chi connectivity index (χ3v) is 6.27. The Hall–Kier alpha value is -3.84. The van der Waals surface area contributed by atoms with Crippen LogP contribution < -0.4 is 5.73 Å². The van der Waals surface area contributed by atoms with Crippen LogP contribution in [0.1, 0.15) is 48.1 Å². The van der Waals surface area contributed by atoms with Crippen molar-refractivity contribution in [3.63, 3.8) is 0 Å². The highest BCUT2D eigenvalue weighted by atomic mass is 19.1. The van der Waals surface area contributed by atoms with Gasteiger partial charge in [0, 0.05) is 36.5 Å². The molecular weight excluding hydrogens is 470 g/mol. The van der Waals surface area contributed by atoms with Crippen LogP contribution in [-0.2, 0) is 6.54 Å². The maximum Gasteiger partial charge on any atom is 0.254 e. The van der Waals surface area contributed by atoms with E-state index in [1.165, 1.54) is 12.1 Å². The maximum absolute atomic E-state index is 14.0. The second-order valence-corrected chi connectivity index (χ2v) is 9.45. The van der Waals surface area contributed by atoms with E-state index in [-0.39, 0.29) is 18.4 Å². The van der Waals surface area contributed by atoms with Crippen LogP contribution in [0.5, 0.6) is 0 Å². The van der Waals surface area contributed by atoms with E-state index in [4.69, 9.17) is 10.7 Å². The second kappa shape index (κ2) is 11.9. The average molecular weight is 503 g/mol. The van der Waals surface area contributed by atoms with Gasteiger partial charge < -0.3 is 15.2 Å². The second-order valence-electron chi connectivity index (χ2n) is 9.45. The summed E-state index contributed by atoms with van der Waals surface area (Å²) >= 11 is 0. The number of hydrogen-bond acceptors (Lipinski definition) is 3. The fourth-order valence-electron chi connectivity index (χ4n) is 4.61. The molecule has 192 valence electrons. The number of carbonyl (C=O) groups is 1. The first-order valence-corrected chi connectivity index (χ1v) is 12.5. The molecule has 0 aliphatic carbocycles. The van der Waals surface area contributed by atoms with Crippen molar-refractivity contribution in [2.45, 2.75) is 32.9 Å². The molecule has 2 N–H and O–H groups in total. The van der Waals surface area contributed by atoms with Gasteiger partial charge in [0.15, 0.2) is 0 Å². The van der Waals surface area contributed by atoms with Gasteiger partial charge in [-0.25, -0.2) is 13.8 Å². The van der Waals surface area contributed by atoms with Crippen molar-refractivity contribution in [2.24, 2.45) is 11.7 Å². The zero-order valence-corrected chi connectivity index (χ0v) is 21.1. The van der Waals surface area contributed by atoms with Crippen molar-refractivity contribution >= 4 is 5.91 Å². The minimum atomic E-state index is -0.635. The molecule has 0 radical (unpaired) electrons. The summed E-state index contributed by atoms with van der Waals surface area (Å²) in [4.78, 5) is 20.6. The number of halogens is 2. The summed E-state index contributed by atoms with van der Waals surface area (Å²) in [7, 11) is 0. The van der Waals surface area contributed by atoms with Crippen LogP contribution in [0.25, 0.3) is 11.3 Å². The van der Waals surface area contributed by atoms with E-state index < -0.39 is 17.7 Å². The van der Waals surface area contributed by atoms with Gasteiger partial charge in [-0.1, -0.05) is 62.4 Å². The SMILES string of the molecule is CC(C)C(c1nc(-c2ccccc2)cn1Cc1cc(F)cc(F)c1)N(CCCN)C(=O)c1ccccc1. The van der Waals surface area contributed by atoms with Crippen LogP contribution in [0.3, 0.4) is 0 Å². The number of rotatable bonds is 10. The minimum Gasteiger partial charge on any atom is -0.330 e. The van der Waals surface area contributed by atoms with Crippen LogP contribution in [0.15, 0.2) is 85.1 Å². The third-order valence-electron chi connectivity index (χ3n) is 6.27. The first-order chi connectivity index (χ1) is 17.9. The van der Waals surface area contributed by atoms with Crippen LogP contribution in [0, 0.1) is 17.6 Å². The minimum absolute atomic E-state index is 0.000504. The van der Waals surface area contributed by atoms with Crippen LogP contribution in [0.2, 0.25) is 0 Å². The lowest BCUT2D eigenvalue weighted by molar-refractivity contribution is 0.0604. The van der Waals surface area contributed by atoms with Gasteiger partial charge in [-0.3, -0.25) is 4.79 Å². The highest BCUT2D eigenvalue weighted by Crippen LogP contribution is 2.32. The Bertz CT molecular complexity index is 1300. The number of imidazole rings is 1. The van der Waals surface area contributed by atoms with E-state index >= 15 is 0 Å². The summed E-state index contributed by atoms with van der Waals surface area (Å²) in [5.74, 6) is -0.729. The van der Waals surface area contributed by atoms with Gasteiger partial charge in [0.2, 0.25) is 0 Å². The van der Waals surface area contributed by atoms with Gasteiger partial charge in [-0.05, 0) is 48.7 Å². The average Bonchev–Trinajstić information content (AvgIpc) is 3.29. The molecular formula is C30H32F2N4O. The van der Waals surface area contributed by atoms with E-state index in [9.17, 15) is 13.6 Å². The van der Waals surface area contributed by atoms with Crippen molar-refractivity contribution in [2.75, 3.05) is 13.1 Å². The normalized spacial score (nSPS) is 12.1. The van der Waals surface area contributed by atoms with E-state index in [2.05, 4.69) is 0 Å². The number of nitrogens with two attached hydrogens (primary N) is 1. The maximum atomic E-state index is 14.0. The van der Waals surface area contributed by atoms with Crippen LogP contribution in [-0.4, -0.2) is 33.4 Å². The van der Waals surface area contributed by atoms with Gasteiger partial charge >= 0.3 is 0 Å². The molecule has 4 rings (SSSR count). The lowest BCUT2D eigenvalue weighted by Crippen LogP contribution is -2.40. The monoisotopic (exact) mass is 502 g/mol. The Morgan fingerprint density at radius 2 is 1.59 bits per heavy atom. The molecule has 3 aromatic carbocycles. The van der Waals surface area contributed by atoms with Gasteiger partial charge in [0.1, 0.15) is 17.5 Å². The molecule has 0 saturated heterocycles. The molecule has 7 heteroatoms. The predicted molar refractivity (Wildman–Crippen MR) is 142 cm³/mol. The molecule has 0 aliphatic heterocycles. The van der Waals surface area contributed by atoms with E-state index in [1.54, 1.807) is 12.1 Å². The van der Waals surface area contributed by atoms with Crippen molar-refractivity contribution in [1.29, 1.82) is 0 Å². The fourth-order valence-corrected chi connectivity index (χ4v) is 4.61. The summed E-state index contributed by atoms with van der Waals surface area (Å²) in [6, 6.07) is 22.0. The van der Waals surface area contributed by atoms with Crippen molar-refractivity contribution in [1.82, 2.24) is 14.5 Å². The Morgan fingerprint density at radius 3 is 2.19 bits per heavy atom. The Morgan fingerprint density at radius 1 is 0.973 bits per heavy atom. The number of hydrogen-bond donors (Lipinski definition) is 1. The number of benzene rings is 3. The Labute approximate surface area is 216 Å². The number of nitrogens with zero attached hydrogens (tertiary/aromatic N) is 3. The lowest BCUT2D eigenvalue weighted by Gasteiger charge is -2.34. The largest absolute Gasteiger partial charge is 0.330 e. The number of amides is 1. The molecule has 1 heterocycles. The zero-order valence-electron chi connectivity index (χ0n) is 21.1. The quantitative estimate of drug-likeness (QED) is 0.287. The Balaban J connectivity index is 1.83. The topological polar surface area (TPSA) is 64.2 Å². The molecule has 1 aromatic heterocycles. The molecule has 37 heavy (non-hydrogen) atoms. The summed E-state index contributed by atoms with van der Waals surface area (Å²) < 4.78 is 29.9. The van der Waals surface area contributed by atoms with Gasteiger partial charge in [-0.15, -0.1) is 0 Å². The van der Waals surface area contributed by atoms with Gasteiger partial charge in [0.25, 0.3) is 5.91 Å². The Kier molecular flexibility index (Phi) is 8.46. The molecule has 0 spiro atoms. The van der Waals surface area contributed by atoms with Crippen molar-refractivity contribution in [3.8, 4) is 11.3 Å². The van der Waals surface area contributed by atoms with E-state index in [0.29, 0.717) is 36.5 Å². The molecule has 1 amide bonds. The van der Waals surface area contributed by atoms with Gasteiger partial charge in [0.05, 0.1) is 11.7 Å². The fraction of sp³-hybridized carbons (Fsp3) is 0.267. The number of carbonyl (C=O) groups excluding carboxylic acids is 1. The van der Waals surface area contributed by atoms with Crippen LogP contribution >= 0.6 is 0 Å². The third kappa shape index (κ3) is 6.30. The van der Waals surface area contributed by atoms with Crippen LogP contribution in [0.4, 0.5) is 8.78 Å². The summed E-state index contributed by atoms with van der Waals surface area (Å²) in [6.45, 7) is 5.19. The van der Waals surface area contributed by atoms with Crippen molar-refractivity contribution < 1.29 is 13.6 Å². The lowest BCUT2D eigenvalue weighted by atomic mass is 9.99. The van der Waals surface area contributed by atoms with E-state index in [0.717, 1.165) is 17.3 Å². The summed E-state index contributed by atoms with van der Waals surface area (Å²) in [5.41, 5.74) is 8.54. The van der Waals surface area contributed by atoms with Crippen molar-refractivity contribution in [3.05, 3.63) is 114 Å². The molecule has 1 unspecified atom stereocenters. The molecule has 0 bridgehead atoms. The molecule has 0 aliphatic rings. The predicted octanol–water partition coefficient (Wildman–Crippen LogP) is 6.06. The summed E-state index contributed by atoms with van der Waals surface area (Å²) in [6.07, 6.45) is 2.51. The van der Waals surface area contributed by atoms with E-state index in [1.807, 2.05) is 78.0 Å². The molecule has 4 aromatic rings. The highest BCUT2D eigenvalue weighted by molar-refractivity contribution is 5.94. The molecule has 5 nitrogen and oxygen atoms in total. The molecule has 0 saturated carbocycles. The highest BCUT2D eigenvalue weighted by Gasteiger charge is 2.32. The smallest absolute Gasteiger partial charge is 0.254 e. The summed E-state index contributed by atoms with van der Waals surface area (Å²) in [5, 5.41) is 0. The molecule has 0 fully saturated rings.